The molecule has 17 heavy (non-hydrogen) atoms. The molecule has 0 aromatic rings. The summed E-state index contributed by atoms with van der Waals surface area (Å²) in [5, 5.41) is 37.4. The first kappa shape index (κ1) is 13.2. The average Bonchev–Trinajstić information content (AvgIpc) is 2.27. The van der Waals surface area contributed by atoms with E-state index in [0.29, 0.717) is 0 Å². The number of aliphatic hydroxyl groups excluding tert-OH is 4. The molecule has 3 unspecified atom stereocenters. The van der Waals surface area contributed by atoms with Gasteiger partial charge in [0.25, 0.3) is 0 Å². The third-order valence-corrected chi connectivity index (χ3v) is 2.89. The Labute approximate surface area is 98.5 Å². The van der Waals surface area contributed by atoms with E-state index in [1.54, 1.807) is 0 Å². The van der Waals surface area contributed by atoms with Crippen LogP contribution in [-0.4, -0.2) is 70.6 Å². The fourth-order valence-corrected chi connectivity index (χ4v) is 1.96. The van der Waals surface area contributed by atoms with Crippen LogP contribution in [0.3, 0.4) is 0 Å². The SMILES string of the molecule is OC1CC(O[C@@H]2OC[C@H](O)C[C@H]2O)COC1O. The molecule has 6 atom stereocenters. The second-order valence-corrected chi connectivity index (χ2v) is 4.44. The number of ether oxygens (including phenoxy) is 3. The van der Waals surface area contributed by atoms with E-state index in [0.717, 1.165) is 0 Å². The monoisotopic (exact) mass is 250 g/mol. The van der Waals surface area contributed by atoms with Crippen molar-refractivity contribution in [1.82, 2.24) is 0 Å². The third-order valence-electron chi connectivity index (χ3n) is 2.89. The van der Waals surface area contributed by atoms with Crippen LogP contribution in [0.2, 0.25) is 0 Å². The Bertz CT molecular complexity index is 249. The van der Waals surface area contributed by atoms with Crippen LogP contribution in [0.15, 0.2) is 0 Å². The molecule has 0 spiro atoms. The van der Waals surface area contributed by atoms with Crippen LogP contribution < -0.4 is 0 Å². The number of rotatable bonds is 2. The van der Waals surface area contributed by atoms with Crippen LogP contribution in [0, 0.1) is 0 Å². The summed E-state index contributed by atoms with van der Waals surface area (Å²) in [5.41, 5.74) is 0. The van der Waals surface area contributed by atoms with Gasteiger partial charge in [-0.3, -0.25) is 0 Å². The maximum atomic E-state index is 9.63. The second kappa shape index (κ2) is 5.57. The first-order valence-corrected chi connectivity index (χ1v) is 5.67. The van der Waals surface area contributed by atoms with Crippen LogP contribution in [0.25, 0.3) is 0 Å². The Morgan fingerprint density at radius 3 is 2.29 bits per heavy atom. The molecule has 100 valence electrons. The maximum absolute atomic E-state index is 9.63. The highest BCUT2D eigenvalue weighted by Crippen LogP contribution is 2.21. The molecule has 7 nitrogen and oxygen atoms in total. The van der Waals surface area contributed by atoms with Crippen molar-refractivity contribution >= 4 is 0 Å². The van der Waals surface area contributed by atoms with Crippen molar-refractivity contribution in [3.05, 3.63) is 0 Å². The summed E-state index contributed by atoms with van der Waals surface area (Å²) in [6, 6.07) is 0. The van der Waals surface area contributed by atoms with Crippen molar-refractivity contribution in [2.24, 2.45) is 0 Å². The highest BCUT2D eigenvalue weighted by Gasteiger charge is 2.35. The largest absolute Gasteiger partial charge is 0.391 e. The van der Waals surface area contributed by atoms with Crippen LogP contribution in [0.1, 0.15) is 12.8 Å². The lowest BCUT2D eigenvalue weighted by Crippen LogP contribution is -2.48. The van der Waals surface area contributed by atoms with Crippen molar-refractivity contribution in [2.75, 3.05) is 13.2 Å². The van der Waals surface area contributed by atoms with Crippen molar-refractivity contribution in [2.45, 2.75) is 49.8 Å². The van der Waals surface area contributed by atoms with Gasteiger partial charge in [0.1, 0.15) is 12.2 Å². The molecule has 2 saturated heterocycles. The minimum Gasteiger partial charge on any atom is -0.391 e. The zero-order valence-electron chi connectivity index (χ0n) is 9.31. The van der Waals surface area contributed by atoms with Crippen molar-refractivity contribution in [3.8, 4) is 0 Å². The molecule has 2 fully saturated rings. The van der Waals surface area contributed by atoms with Gasteiger partial charge >= 0.3 is 0 Å². The average molecular weight is 250 g/mol. The summed E-state index contributed by atoms with van der Waals surface area (Å²) in [4.78, 5) is 0. The number of aliphatic hydroxyl groups is 4. The molecular weight excluding hydrogens is 232 g/mol. The fraction of sp³-hybridized carbons (Fsp3) is 1.00. The van der Waals surface area contributed by atoms with Gasteiger partial charge in [-0.15, -0.1) is 0 Å². The van der Waals surface area contributed by atoms with Crippen LogP contribution >= 0.6 is 0 Å². The van der Waals surface area contributed by atoms with Gasteiger partial charge in [-0.2, -0.15) is 0 Å². The first-order chi connectivity index (χ1) is 8.06. The van der Waals surface area contributed by atoms with E-state index in [-0.39, 0.29) is 26.1 Å². The van der Waals surface area contributed by atoms with Gasteiger partial charge in [0, 0.05) is 12.8 Å². The van der Waals surface area contributed by atoms with Gasteiger partial charge in [-0.1, -0.05) is 0 Å². The lowest BCUT2D eigenvalue weighted by molar-refractivity contribution is -0.286. The lowest BCUT2D eigenvalue weighted by Gasteiger charge is -2.36. The molecule has 2 aliphatic rings. The molecule has 0 saturated carbocycles. The molecule has 0 aromatic carbocycles. The summed E-state index contributed by atoms with van der Waals surface area (Å²) in [7, 11) is 0. The van der Waals surface area contributed by atoms with E-state index >= 15 is 0 Å². The van der Waals surface area contributed by atoms with Gasteiger partial charge in [0.15, 0.2) is 12.6 Å². The molecule has 2 heterocycles. The Hall–Kier alpha value is -0.280. The molecule has 0 aromatic heterocycles. The molecule has 7 heteroatoms. The first-order valence-electron chi connectivity index (χ1n) is 5.67. The minimum atomic E-state index is -1.19. The Balaban J connectivity index is 1.81. The van der Waals surface area contributed by atoms with Gasteiger partial charge in [-0.05, 0) is 0 Å². The number of hydrogen-bond acceptors (Lipinski definition) is 7. The molecule has 0 radical (unpaired) electrons. The van der Waals surface area contributed by atoms with E-state index < -0.39 is 37.0 Å². The van der Waals surface area contributed by atoms with Crippen LogP contribution in [0.5, 0.6) is 0 Å². The van der Waals surface area contributed by atoms with E-state index in [2.05, 4.69) is 0 Å². The molecule has 2 rings (SSSR count). The van der Waals surface area contributed by atoms with Gasteiger partial charge in [0.05, 0.1) is 25.4 Å². The normalized spacial score (nSPS) is 48.0. The minimum absolute atomic E-state index is 0.112. The van der Waals surface area contributed by atoms with E-state index in [9.17, 15) is 15.3 Å². The topological polar surface area (TPSA) is 109 Å². The smallest absolute Gasteiger partial charge is 0.184 e. The highest BCUT2D eigenvalue weighted by atomic mass is 16.7. The van der Waals surface area contributed by atoms with Crippen molar-refractivity contribution in [1.29, 1.82) is 0 Å². The van der Waals surface area contributed by atoms with Crippen molar-refractivity contribution in [3.63, 3.8) is 0 Å². The van der Waals surface area contributed by atoms with E-state index in [4.69, 9.17) is 19.3 Å². The predicted molar refractivity (Wildman–Crippen MR) is 53.8 cm³/mol. The molecule has 4 N–H and O–H groups in total. The Morgan fingerprint density at radius 2 is 1.65 bits per heavy atom. The summed E-state index contributed by atoms with van der Waals surface area (Å²) in [6.45, 7) is 0.244. The third kappa shape index (κ3) is 3.35. The summed E-state index contributed by atoms with van der Waals surface area (Å²) in [5.74, 6) is 0. The van der Waals surface area contributed by atoms with Gasteiger partial charge in [0.2, 0.25) is 0 Å². The fourth-order valence-electron chi connectivity index (χ4n) is 1.96. The zero-order valence-corrected chi connectivity index (χ0v) is 9.31. The van der Waals surface area contributed by atoms with Gasteiger partial charge < -0.3 is 34.6 Å². The van der Waals surface area contributed by atoms with E-state index in [1.807, 2.05) is 0 Å². The summed E-state index contributed by atoms with van der Waals surface area (Å²) < 4.78 is 15.5. The van der Waals surface area contributed by atoms with E-state index in [1.165, 1.54) is 0 Å². The lowest BCUT2D eigenvalue weighted by atomic mass is 10.1. The quantitative estimate of drug-likeness (QED) is 0.446. The van der Waals surface area contributed by atoms with Crippen molar-refractivity contribution < 1.29 is 34.6 Å². The standard InChI is InChI=1S/C10H18O7/c11-5-1-8(13)10(16-3-5)17-6-2-7(12)9(14)15-4-6/h5-14H,1-4H2/t5-,6?,7?,8-,9?,10+/m1/s1. The second-order valence-electron chi connectivity index (χ2n) is 4.44. The molecule has 2 aliphatic heterocycles. The van der Waals surface area contributed by atoms with Crippen LogP contribution in [-0.2, 0) is 14.2 Å². The Morgan fingerprint density at radius 1 is 0.882 bits per heavy atom. The molecule has 0 bridgehead atoms. The zero-order chi connectivity index (χ0) is 12.4. The highest BCUT2D eigenvalue weighted by molar-refractivity contribution is 4.77. The summed E-state index contributed by atoms with van der Waals surface area (Å²) in [6.07, 6.45) is -4.62. The molecule has 0 amide bonds. The molecule has 0 aliphatic carbocycles. The van der Waals surface area contributed by atoms with Crippen LogP contribution in [0.4, 0.5) is 0 Å². The summed E-state index contributed by atoms with van der Waals surface area (Å²) >= 11 is 0. The predicted octanol–water partition coefficient (Wildman–Crippen LogP) is -2.06. The Kier molecular flexibility index (Phi) is 4.31. The maximum Gasteiger partial charge on any atom is 0.184 e. The van der Waals surface area contributed by atoms with Gasteiger partial charge in [-0.25, -0.2) is 0 Å². The molecular formula is C10H18O7. The number of hydrogen-bond donors (Lipinski definition) is 4.